The fourth-order valence-electron chi connectivity index (χ4n) is 2.94. The number of esters is 1. The van der Waals surface area contributed by atoms with Crippen molar-refractivity contribution in [3.05, 3.63) is 53.5 Å². The topological polar surface area (TPSA) is 81.6 Å². The summed E-state index contributed by atoms with van der Waals surface area (Å²) in [5.41, 5.74) is 0.958. The largest absolute Gasteiger partial charge is 0.472 e. The molecule has 26 heavy (non-hydrogen) atoms. The first-order chi connectivity index (χ1) is 12.6. The minimum atomic E-state index is -0.421. The van der Waals surface area contributed by atoms with Gasteiger partial charge in [-0.15, -0.1) is 0 Å². The number of hydrogen-bond donors (Lipinski definition) is 0. The third-order valence-electron chi connectivity index (χ3n) is 4.26. The Morgan fingerprint density at radius 3 is 2.58 bits per heavy atom. The number of methoxy groups -OCH3 is 1. The van der Waals surface area contributed by atoms with Crippen molar-refractivity contribution in [2.75, 3.05) is 20.2 Å². The molecule has 1 amide bonds. The highest BCUT2D eigenvalue weighted by atomic mass is 16.5. The number of benzene rings is 1. The van der Waals surface area contributed by atoms with Crippen LogP contribution in [0.3, 0.4) is 0 Å². The molecule has 0 spiro atoms. The fraction of sp³-hybridized carbons (Fsp3) is 0.368. The number of nitrogens with zero attached hydrogens (tertiary/aromatic N) is 3. The molecule has 1 fully saturated rings. The van der Waals surface area contributed by atoms with Gasteiger partial charge in [0.05, 0.1) is 19.2 Å². The van der Waals surface area contributed by atoms with Gasteiger partial charge in [-0.2, -0.15) is 4.98 Å². The Labute approximate surface area is 152 Å². The number of aryl methyl sites for hydroxylation is 1. The lowest BCUT2D eigenvalue weighted by Crippen LogP contribution is -2.44. The maximum Gasteiger partial charge on any atom is 0.337 e. The number of amides is 1. The summed E-state index contributed by atoms with van der Waals surface area (Å²) >= 11 is 0. The number of ether oxygens (including phenoxy) is 2. The van der Waals surface area contributed by atoms with E-state index in [0.29, 0.717) is 35.9 Å². The van der Waals surface area contributed by atoms with Crippen LogP contribution in [0.25, 0.3) is 0 Å². The molecule has 1 unspecified atom stereocenters. The summed E-state index contributed by atoms with van der Waals surface area (Å²) < 4.78 is 10.6. The highest BCUT2D eigenvalue weighted by molar-refractivity contribution is 5.96. The van der Waals surface area contributed by atoms with E-state index in [9.17, 15) is 9.59 Å². The van der Waals surface area contributed by atoms with Crippen LogP contribution < -0.4 is 4.74 Å². The van der Waals surface area contributed by atoms with Crippen molar-refractivity contribution in [3.63, 3.8) is 0 Å². The fourth-order valence-corrected chi connectivity index (χ4v) is 2.94. The first-order valence-electron chi connectivity index (χ1n) is 8.51. The number of carbonyl (C=O) groups is 2. The number of aromatic nitrogens is 2. The average molecular weight is 355 g/mol. The number of carbonyl (C=O) groups excluding carboxylic acids is 2. The Balaban J connectivity index is 1.65. The molecule has 7 heteroatoms. The third-order valence-corrected chi connectivity index (χ3v) is 4.26. The summed E-state index contributed by atoms with van der Waals surface area (Å²) in [6.45, 7) is 2.99. The minimum Gasteiger partial charge on any atom is -0.472 e. The number of likely N-dealkylation sites (tertiary alicyclic amines) is 1. The van der Waals surface area contributed by atoms with E-state index in [1.165, 1.54) is 7.11 Å². The van der Waals surface area contributed by atoms with Gasteiger partial charge < -0.3 is 14.4 Å². The standard InChI is InChI=1S/C19H21N3O4/c1-13-20-10-9-17(21-13)26-16-4-3-11-22(12-16)18(23)14-5-7-15(8-6-14)19(24)25-2/h5-10,16H,3-4,11-12H2,1-2H3. The molecule has 1 aliphatic heterocycles. The molecule has 0 N–H and O–H groups in total. The zero-order chi connectivity index (χ0) is 18.5. The van der Waals surface area contributed by atoms with Crippen molar-refractivity contribution < 1.29 is 19.1 Å². The third kappa shape index (κ3) is 4.17. The second-order valence-corrected chi connectivity index (χ2v) is 6.14. The molecular weight excluding hydrogens is 334 g/mol. The Hall–Kier alpha value is -2.96. The van der Waals surface area contributed by atoms with Gasteiger partial charge in [0.1, 0.15) is 11.9 Å². The molecule has 1 atom stereocenters. The van der Waals surface area contributed by atoms with Gasteiger partial charge in [0.2, 0.25) is 5.88 Å². The molecule has 1 aromatic heterocycles. The molecule has 3 rings (SSSR count). The Kier molecular flexibility index (Phi) is 5.46. The average Bonchev–Trinajstić information content (AvgIpc) is 2.67. The van der Waals surface area contributed by atoms with Gasteiger partial charge in [0.25, 0.3) is 5.91 Å². The molecule has 0 bridgehead atoms. The first-order valence-corrected chi connectivity index (χ1v) is 8.51. The molecule has 0 aliphatic carbocycles. The molecule has 0 radical (unpaired) electrons. The molecule has 1 aliphatic rings. The van der Waals surface area contributed by atoms with Crippen LogP contribution in [0.5, 0.6) is 5.88 Å². The Morgan fingerprint density at radius 1 is 1.15 bits per heavy atom. The monoisotopic (exact) mass is 355 g/mol. The van der Waals surface area contributed by atoms with E-state index >= 15 is 0 Å². The lowest BCUT2D eigenvalue weighted by Gasteiger charge is -2.32. The number of rotatable bonds is 4. The lowest BCUT2D eigenvalue weighted by molar-refractivity contribution is 0.0526. The number of piperidine rings is 1. The van der Waals surface area contributed by atoms with Gasteiger partial charge in [0.15, 0.2) is 0 Å². The van der Waals surface area contributed by atoms with Crippen molar-refractivity contribution in [1.82, 2.24) is 14.9 Å². The van der Waals surface area contributed by atoms with Gasteiger partial charge >= 0.3 is 5.97 Å². The molecule has 136 valence electrons. The van der Waals surface area contributed by atoms with Crippen molar-refractivity contribution in [2.24, 2.45) is 0 Å². The van der Waals surface area contributed by atoms with Gasteiger partial charge in [-0.25, -0.2) is 9.78 Å². The summed E-state index contributed by atoms with van der Waals surface area (Å²) in [5.74, 6) is 0.681. The van der Waals surface area contributed by atoms with Gasteiger partial charge in [-0.3, -0.25) is 4.79 Å². The molecule has 1 saturated heterocycles. The maximum absolute atomic E-state index is 12.7. The second-order valence-electron chi connectivity index (χ2n) is 6.14. The van der Waals surface area contributed by atoms with E-state index in [4.69, 9.17) is 4.74 Å². The normalized spacial score (nSPS) is 16.8. The molecular formula is C19H21N3O4. The van der Waals surface area contributed by atoms with Crippen molar-refractivity contribution in [1.29, 1.82) is 0 Å². The zero-order valence-corrected chi connectivity index (χ0v) is 14.8. The molecule has 7 nitrogen and oxygen atoms in total. The molecule has 2 heterocycles. The summed E-state index contributed by atoms with van der Waals surface area (Å²) in [7, 11) is 1.33. The van der Waals surface area contributed by atoms with Crippen molar-refractivity contribution in [3.8, 4) is 5.88 Å². The SMILES string of the molecule is COC(=O)c1ccc(C(=O)N2CCCC(Oc3ccnc(C)n3)C2)cc1. The van der Waals surface area contributed by atoms with E-state index in [1.807, 2.05) is 6.92 Å². The predicted molar refractivity (Wildman–Crippen MR) is 94.1 cm³/mol. The van der Waals surface area contributed by atoms with Gasteiger partial charge in [-0.1, -0.05) is 0 Å². The van der Waals surface area contributed by atoms with Crippen molar-refractivity contribution in [2.45, 2.75) is 25.9 Å². The Bertz CT molecular complexity index is 792. The van der Waals surface area contributed by atoms with E-state index in [-0.39, 0.29) is 12.0 Å². The Morgan fingerprint density at radius 2 is 1.88 bits per heavy atom. The van der Waals surface area contributed by atoms with Gasteiger partial charge in [-0.05, 0) is 44.0 Å². The van der Waals surface area contributed by atoms with E-state index in [0.717, 1.165) is 12.8 Å². The smallest absolute Gasteiger partial charge is 0.337 e. The molecule has 2 aromatic rings. The second kappa shape index (κ2) is 7.95. The maximum atomic E-state index is 12.7. The van der Waals surface area contributed by atoms with Crippen LogP contribution in [0.15, 0.2) is 36.5 Å². The van der Waals surface area contributed by atoms with Crippen molar-refractivity contribution >= 4 is 11.9 Å². The summed E-state index contributed by atoms with van der Waals surface area (Å²) in [6.07, 6.45) is 3.29. The van der Waals surface area contributed by atoms with E-state index in [1.54, 1.807) is 41.4 Å². The minimum absolute atomic E-state index is 0.0754. The van der Waals surface area contributed by atoms with Crippen LogP contribution >= 0.6 is 0 Å². The van der Waals surface area contributed by atoms with Crippen LogP contribution in [0.2, 0.25) is 0 Å². The zero-order valence-electron chi connectivity index (χ0n) is 14.8. The summed E-state index contributed by atoms with van der Waals surface area (Å²) in [4.78, 5) is 34.3. The van der Waals surface area contributed by atoms with Crippen LogP contribution in [0.4, 0.5) is 0 Å². The van der Waals surface area contributed by atoms with Crippen LogP contribution in [0.1, 0.15) is 39.4 Å². The first kappa shape index (κ1) is 17.8. The van der Waals surface area contributed by atoms with Crippen LogP contribution in [-0.4, -0.2) is 53.0 Å². The highest BCUT2D eigenvalue weighted by Gasteiger charge is 2.26. The lowest BCUT2D eigenvalue weighted by atomic mass is 10.1. The summed E-state index contributed by atoms with van der Waals surface area (Å²) in [6, 6.07) is 8.21. The van der Waals surface area contributed by atoms with Gasteiger partial charge in [0, 0.05) is 24.4 Å². The summed E-state index contributed by atoms with van der Waals surface area (Å²) in [5, 5.41) is 0. The highest BCUT2D eigenvalue weighted by Crippen LogP contribution is 2.19. The quantitative estimate of drug-likeness (QED) is 0.783. The van der Waals surface area contributed by atoms with E-state index in [2.05, 4.69) is 14.7 Å². The number of hydrogen-bond acceptors (Lipinski definition) is 6. The van der Waals surface area contributed by atoms with Crippen LogP contribution in [0, 0.1) is 6.92 Å². The van der Waals surface area contributed by atoms with Crippen LogP contribution in [-0.2, 0) is 4.74 Å². The van der Waals surface area contributed by atoms with E-state index < -0.39 is 5.97 Å². The molecule has 0 saturated carbocycles. The predicted octanol–water partition coefficient (Wildman–Crippen LogP) is 2.26. The molecule has 1 aromatic carbocycles.